The third-order valence-corrected chi connectivity index (χ3v) is 4.42. The molecule has 0 atom stereocenters. The van der Waals surface area contributed by atoms with Crippen molar-refractivity contribution in [1.29, 1.82) is 0 Å². The molecule has 0 radical (unpaired) electrons. The molecule has 0 aliphatic heterocycles. The summed E-state index contributed by atoms with van der Waals surface area (Å²) in [6.45, 7) is 6.78. The van der Waals surface area contributed by atoms with Crippen LogP contribution < -0.4 is 10.1 Å². The Kier molecular flexibility index (Phi) is 6.53. The van der Waals surface area contributed by atoms with Crippen LogP contribution in [0.4, 0.5) is 0 Å². The van der Waals surface area contributed by atoms with Crippen LogP contribution in [0.1, 0.15) is 16.7 Å². The Morgan fingerprint density at radius 3 is 2.43 bits per heavy atom. The van der Waals surface area contributed by atoms with E-state index in [1.54, 1.807) is 11.8 Å². The number of rotatable bonds is 7. The zero-order valence-corrected chi connectivity index (χ0v) is 14.7. The second-order valence-corrected chi connectivity index (χ2v) is 6.74. The van der Waals surface area contributed by atoms with Crippen LogP contribution in [0.25, 0.3) is 0 Å². The van der Waals surface area contributed by atoms with Crippen molar-refractivity contribution in [2.75, 3.05) is 18.9 Å². The molecule has 0 spiro atoms. The maximum absolute atomic E-state index is 11.8. The van der Waals surface area contributed by atoms with Gasteiger partial charge in [-0.1, -0.05) is 35.4 Å². The van der Waals surface area contributed by atoms with E-state index in [9.17, 15) is 4.79 Å². The summed E-state index contributed by atoms with van der Waals surface area (Å²) < 4.78 is 5.56. The van der Waals surface area contributed by atoms with E-state index in [-0.39, 0.29) is 12.5 Å². The highest BCUT2D eigenvalue weighted by Gasteiger charge is 2.04. The fourth-order valence-corrected chi connectivity index (χ4v) is 2.92. The fraction of sp³-hybridized carbons (Fsp3) is 0.316. The number of ether oxygens (including phenoxy) is 1. The molecule has 0 saturated carbocycles. The van der Waals surface area contributed by atoms with Crippen LogP contribution >= 0.6 is 11.8 Å². The van der Waals surface area contributed by atoms with E-state index in [1.165, 1.54) is 16.0 Å². The minimum atomic E-state index is -0.0884. The Morgan fingerprint density at radius 2 is 1.74 bits per heavy atom. The minimum absolute atomic E-state index is 0.0547. The van der Waals surface area contributed by atoms with Crippen molar-refractivity contribution < 1.29 is 9.53 Å². The molecule has 0 aliphatic carbocycles. The molecular weight excluding hydrogens is 306 g/mol. The van der Waals surface area contributed by atoms with Gasteiger partial charge in [0, 0.05) is 17.2 Å². The predicted octanol–water partition coefficient (Wildman–Crippen LogP) is 3.90. The van der Waals surface area contributed by atoms with Gasteiger partial charge in [-0.05, 0) is 44.5 Å². The molecule has 0 fully saturated rings. The molecule has 0 aliphatic rings. The number of hydrogen-bond acceptors (Lipinski definition) is 3. The third kappa shape index (κ3) is 5.99. The Labute approximate surface area is 142 Å². The largest absolute Gasteiger partial charge is 0.484 e. The van der Waals surface area contributed by atoms with Crippen molar-refractivity contribution in [3.05, 3.63) is 59.2 Å². The number of aryl methyl sites for hydroxylation is 3. The summed E-state index contributed by atoms with van der Waals surface area (Å²) in [7, 11) is 0. The lowest BCUT2D eigenvalue weighted by Crippen LogP contribution is -2.30. The van der Waals surface area contributed by atoms with Crippen LogP contribution in [0.3, 0.4) is 0 Å². The number of carbonyl (C=O) groups is 1. The van der Waals surface area contributed by atoms with Gasteiger partial charge in [-0.3, -0.25) is 4.79 Å². The van der Waals surface area contributed by atoms with E-state index in [0.717, 1.165) is 17.1 Å². The van der Waals surface area contributed by atoms with E-state index in [1.807, 2.05) is 32.0 Å². The average molecular weight is 329 g/mol. The molecule has 0 bridgehead atoms. The van der Waals surface area contributed by atoms with Gasteiger partial charge >= 0.3 is 0 Å². The molecule has 1 N–H and O–H groups in total. The van der Waals surface area contributed by atoms with Crippen molar-refractivity contribution in [2.24, 2.45) is 0 Å². The molecular formula is C19H23NO2S. The molecule has 0 aromatic heterocycles. The molecule has 4 heteroatoms. The van der Waals surface area contributed by atoms with Gasteiger partial charge in [0.15, 0.2) is 6.61 Å². The van der Waals surface area contributed by atoms with Crippen LogP contribution in [-0.4, -0.2) is 24.8 Å². The van der Waals surface area contributed by atoms with Gasteiger partial charge < -0.3 is 10.1 Å². The first kappa shape index (κ1) is 17.4. The average Bonchev–Trinajstić information content (AvgIpc) is 2.52. The van der Waals surface area contributed by atoms with Gasteiger partial charge in [0.25, 0.3) is 5.91 Å². The van der Waals surface area contributed by atoms with E-state index in [4.69, 9.17) is 4.74 Å². The smallest absolute Gasteiger partial charge is 0.257 e. The normalized spacial score (nSPS) is 10.4. The van der Waals surface area contributed by atoms with Crippen molar-refractivity contribution in [3.63, 3.8) is 0 Å². The topological polar surface area (TPSA) is 38.3 Å². The van der Waals surface area contributed by atoms with Crippen LogP contribution in [-0.2, 0) is 4.79 Å². The first-order valence-electron chi connectivity index (χ1n) is 7.71. The first-order chi connectivity index (χ1) is 11.0. The Bertz CT molecular complexity index is 653. The molecule has 3 nitrogen and oxygen atoms in total. The van der Waals surface area contributed by atoms with Gasteiger partial charge in [-0.25, -0.2) is 0 Å². The van der Waals surface area contributed by atoms with E-state index in [0.29, 0.717) is 6.54 Å². The van der Waals surface area contributed by atoms with Crippen molar-refractivity contribution in [2.45, 2.75) is 25.7 Å². The molecule has 1 amide bonds. The molecule has 2 rings (SSSR count). The summed E-state index contributed by atoms with van der Waals surface area (Å²) >= 11 is 1.73. The summed E-state index contributed by atoms with van der Waals surface area (Å²) in [5.74, 6) is 1.52. The van der Waals surface area contributed by atoms with Crippen molar-refractivity contribution in [1.82, 2.24) is 5.32 Å². The Morgan fingerprint density at radius 1 is 1.04 bits per heavy atom. The molecule has 2 aromatic rings. The lowest BCUT2D eigenvalue weighted by molar-refractivity contribution is -0.122. The van der Waals surface area contributed by atoms with E-state index >= 15 is 0 Å². The molecule has 0 unspecified atom stereocenters. The summed E-state index contributed by atoms with van der Waals surface area (Å²) in [4.78, 5) is 13.0. The summed E-state index contributed by atoms with van der Waals surface area (Å²) in [5.41, 5.74) is 3.49. The van der Waals surface area contributed by atoms with Gasteiger partial charge in [-0.15, -0.1) is 11.8 Å². The molecule has 2 aromatic carbocycles. The zero-order valence-electron chi connectivity index (χ0n) is 13.9. The number of amides is 1. The summed E-state index contributed by atoms with van der Waals surface area (Å²) in [6, 6.07) is 14.3. The highest BCUT2D eigenvalue weighted by molar-refractivity contribution is 7.99. The molecule has 122 valence electrons. The second-order valence-electron chi connectivity index (χ2n) is 5.57. The highest BCUT2D eigenvalue weighted by atomic mass is 32.2. The van der Waals surface area contributed by atoms with Crippen molar-refractivity contribution in [3.8, 4) is 5.75 Å². The standard InChI is InChI=1S/C19H23NO2S/c1-14-4-7-17(8-5-14)23-11-10-20-19(21)13-22-18-9-6-15(2)12-16(18)3/h4-9,12H,10-11,13H2,1-3H3,(H,20,21). The van der Waals surface area contributed by atoms with Gasteiger partial charge in [0.2, 0.25) is 0 Å². The van der Waals surface area contributed by atoms with Crippen LogP contribution in [0.2, 0.25) is 0 Å². The predicted molar refractivity (Wildman–Crippen MR) is 96.3 cm³/mol. The number of thioether (sulfide) groups is 1. The monoisotopic (exact) mass is 329 g/mol. The number of hydrogen-bond donors (Lipinski definition) is 1. The van der Waals surface area contributed by atoms with E-state index in [2.05, 4.69) is 36.5 Å². The van der Waals surface area contributed by atoms with Crippen LogP contribution in [0.15, 0.2) is 47.4 Å². The van der Waals surface area contributed by atoms with E-state index < -0.39 is 0 Å². The Balaban J connectivity index is 1.66. The fourth-order valence-electron chi connectivity index (χ4n) is 2.15. The maximum Gasteiger partial charge on any atom is 0.257 e. The quantitative estimate of drug-likeness (QED) is 0.618. The molecule has 0 saturated heterocycles. The second kappa shape index (κ2) is 8.63. The maximum atomic E-state index is 11.8. The zero-order chi connectivity index (χ0) is 16.7. The van der Waals surface area contributed by atoms with Gasteiger partial charge in [0.1, 0.15) is 5.75 Å². The van der Waals surface area contributed by atoms with Crippen LogP contribution in [0, 0.1) is 20.8 Å². The van der Waals surface area contributed by atoms with Crippen molar-refractivity contribution >= 4 is 17.7 Å². The molecule has 0 heterocycles. The summed E-state index contributed by atoms with van der Waals surface area (Å²) in [5, 5.41) is 2.88. The molecule has 23 heavy (non-hydrogen) atoms. The highest BCUT2D eigenvalue weighted by Crippen LogP contribution is 2.19. The summed E-state index contributed by atoms with van der Waals surface area (Å²) in [6.07, 6.45) is 0. The third-order valence-electron chi connectivity index (χ3n) is 3.40. The van der Waals surface area contributed by atoms with Crippen LogP contribution in [0.5, 0.6) is 5.75 Å². The first-order valence-corrected chi connectivity index (χ1v) is 8.69. The SMILES string of the molecule is Cc1ccc(SCCNC(=O)COc2ccc(C)cc2C)cc1. The Hall–Kier alpha value is -1.94. The lowest BCUT2D eigenvalue weighted by atomic mass is 10.1. The number of carbonyl (C=O) groups excluding carboxylic acids is 1. The van der Waals surface area contributed by atoms with Gasteiger partial charge in [0.05, 0.1) is 0 Å². The lowest BCUT2D eigenvalue weighted by Gasteiger charge is -2.10. The number of nitrogens with one attached hydrogen (secondary N) is 1. The van der Waals surface area contributed by atoms with Gasteiger partial charge in [-0.2, -0.15) is 0 Å². The minimum Gasteiger partial charge on any atom is -0.484 e. The number of benzene rings is 2.